The molecule has 2 rings (SSSR count). The molecule has 0 aliphatic rings. The molecule has 1 aromatic carbocycles. The van der Waals surface area contributed by atoms with Crippen LogP contribution in [-0.4, -0.2) is 10.2 Å². The molecule has 0 spiro atoms. The average Bonchev–Trinajstić information content (AvgIpc) is 2.50. The molecule has 0 aliphatic heterocycles. The highest BCUT2D eigenvalue weighted by Gasteiger charge is 2.11. The van der Waals surface area contributed by atoms with Gasteiger partial charge in [0, 0.05) is 11.3 Å². The van der Waals surface area contributed by atoms with Crippen LogP contribution in [0.4, 0.5) is 10.1 Å². The summed E-state index contributed by atoms with van der Waals surface area (Å²) in [5.41, 5.74) is 9.70. The van der Waals surface area contributed by atoms with E-state index in [9.17, 15) is 4.39 Å². The zero-order chi connectivity index (χ0) is 11.0. The lowest BCUT2D eigenvalue weighted by atomic mass is 10.0. The van der Waals surface area contributed by atoms with Gasteiger partial charge in [-0.25, -0.2) is 4.39 Å². The molecule has 0 bridgehead atoms. The van der Waals surface area contributed by atoms with E-state index in [1.165, 1.54) is 12.1 Å². The van der Waals surface area contributed by atoms with Crippen molar-refractivity contribution < 1.29 is 4.39 Å². The molecule has 0 saturated carbocycles. The van der Waals surface area contributed by atoms with Gasteiger partial charge in [0.1, 0.15) is 5.82 Å². The zero-order valence-corrected chi connectivity index (χ0v) is 8.63. The number of hydrogen-bond acceptors (Lipinski definition) is 2. The first-order valence-corrected chi connectivity index (χ1v) is 4.65. The van der Waals surface area contributed by atoms with Crippen LogP contribution in [0.15, 0.2) is 18.3 Å². The fourth-order valence-corrected chi connectivity index (χ4v) is 1.71. The molecule has 0 aliphatic carbocycles. The van der Waals surface area contributed by atoms with E-state index < -0.39 is 0 Å². The van der Waals surface area contributed by atoms with Gasteiger partial charge in [-0.15, -0.1) is 0 Å². The van der Waals surface area contributed by atoms with Crippen LogP contribution in [0.2, 0.25) is 0 Å². The third-order valence-electron chi connectivity index (χ3n) is 2.41. The second-order valence-electron chi connectivity index (χ2n) is 3.61. The number of hydrogen-bond donors (Lipinski definition) is 2. The van der Waals surface area contributed by atoms with Gasteiger partial charge in [-0.3, -0.25) is 5.10 Å². The van der Waals surface area contributed by atoms with E-state index in [0.29, 0.717) is 5.69 Å². The molecule has 15 heavy (non-hydrogen) atoms. The highest BCUT2D eigenvalue weighted by atomic mass is 19.1. The van der Waals surface area contributed by atoms with Crippen LogP contribution >= 0.6 is 0 Å². The topological polar surface area (TPSA) is 54.7 Å². The van der Waals surface area contributed by atoms with Crippen molar-refractivity contribution in [1.82, 2.24) is 10.2 Å². The largest absolute Gasteiger partial charge is 0.398 e. The molecule has 3 N–H and O–H groups in total. The number of nitrogen functional groups attached to an aromatic ring is 1. The predicted molar refractivity (Wildman–Crippen MR) is 57.9 cm³/mol. The summed E-state index contributed by atoms with van der Waals surface area (Å²) < 4.78 is 13.0. The molecule has 0 saturated heterocycles. The highest BCUT2D eigenvalue weighted by molar-refractivity contribution is 5.78. The average molecular weight is 205 g/mol. The molecule has 4 heteroatoms. The van der Waals surface area contributed by atoms with Crippen LogP contribution in [0, 0.1) is 19.7 Å². The molecule has 3 nitrogen and oxygen atoms in total. The van der Waals surface area contributed by atoms with Gasteiger partial charge in [0.2, 0.25) is 0 Å². The lowest BCUT2D eigenvalue weighted by Gasteiger charge is -2.08. The van der Waals surface area contributed by atoms with Crippen molar-refractivity contribution in [3.63, 3.8) is 0 Å². The number of aromatic amines is 1. The SMILES string of the molecule is Cc1cn[nH]c1-c1c(C)cc(F)cc1N. The molecule has 0 atom stereocenters. The third-order valence-corrected chi connectivity index (χ3v) is 2.41. The number of H-pyrrole nitrogens is 1. The lowest BCUT2D eigenvalue weighted by molar-refractivity contribution is 0.627. The van der Waals surface area contributed by atoms with Crippen molar-refractivity contribution in [2.75, 3.05) is 5.73 Å². The van der Waals surface area contributed by atoms with Crippen LogP contribution < -0.4 is 5.73 Å². The Hall–Kier alpha value is -1.84. The Kier molecular flexibility index (Phi) is 2.19. The minimum absolute atomic E-state index is 0.314. The van der Waals surface area contributed by atoms with Gasteiger partial charge in [-0.2, -0.15) is 5.10 Å². The molecule has 0 unspecified atom stereocenters. The molecule has 0 amide bonds. The summed E-state index contributed by atoms with van der Waals surface area (Å²) in [6.07, 6.45) is 1.72. The molecule has 0 fully saturated rings. The van der Waals surface area contributed by atoms with Gasteiger partial charge < -0.3 is 5.73 Å². The number of aromatic nitrogens is 2. The summed E-state index contributed by atoms with van der Waals surface area (Å²) in [7, 11) is 0. The standard InChI is InChI=1S/C11H12FN3/c1-6-3-8(12)4-9(13)10(6)11-7(2)5-14-15-11/h3-5H,13H2,1-2H3,(H,14,15). The lowest BCUT2D eigenvalue weighted by Crippen LogP contribution is -1.96. The maximum absolute atomic E-state index is 13.0. The normalized spacial score (nSPS) is 10.6. The number of rotatable bonds is 1. The van der Waals surface area contributed by atoms with Crippen molar-refractivity contribution in [2.45, 2.75) is 13.8 Å². The quantitative estimate of drug-likeness (QED) is 0.702. The van der Waals surface area contributed by atoms with Crippen molar-refractivity contribution in [3.05, 3.63) is 35.3 Å². The predicted octanol–water partition coefficient (Wildman–Crippen LogP) is 2.41. The smallest absolute Gasteiger partial charge is 0.125 e. The van der Waals surface area contributed by atoms with Gasteiger partial charge >= 0.3 is 0 Å². The Labute approximate surface area is 87.1 Å². The zero-order valence-electron chi connectivity index (χ0n) is 8.63. The Bertz CT molecular complexity index is 479. The fourth-order valence-electron chi connectivity index (χ4n) is 1.71. The first-order chi connectivity index (χ1) is 7.09. The number of nitrogens with one attached hydrogen (secondary N) is 1. The third kappa shape index (κ3) is 1.58. The second kappa shape index (κ2) is 3.38. The van der Waals surface area contributed by atoms with Crippen molar-refractivity contribution in [2.24, 2.45) is 0 Å². The van der Waals surface area contributed by atoms with E-state index in [0.717, 1.165) is 22.4 Å². The minimum Gasteiger partial charge on any atom is -0.398 e. The summed E-state index contributed by atoms with van der Waals surface area (Å²) in [6.45, 7) is 3.76. The first-order valence-electron chi connectivity index (χ1n) is 4.65. The van der Waals surface area contributed by atoms with Crippen LogP contribution in [0.3, 0.4) is 0 Å². The Balaban J connectivity index is 2.68. The van der Waals surface area contributed by atoms with Crippen LogP contribution in [0.5, 0.6) is 0 Å². The monoisotopic (exact) mass is 205 g/mol. The van der Waals surface area contributed by atoms with Crippen molar-refractivity contribution in [3.8, 4) is 11.3 Å². The Morgan fingerprint density at radius 2 is 2.00 bits per heavy atom. The van der Waals surface area contributed by atoms with Crippen molar-refractivity contribution in [1.29, 1.82) is 0 Å². The van der Waals surface area contributed by atoms with Gasteiger partial charge in [-0.1, -0.05) is 0 Å². The second-order valence-corrected chi connectivity index (χ2v) is 3.61. The van der Waals surface area contributed by atoms with Crippen LogP contribution in [0.25, 0.3) is 11.3 Å². The van der Waals surface area contributed by atoms with E-state index >= 15 is 0 Å². The molecule has 1 aromatic heterocycles. The fraction of sp³-hybridized carbons (Fsp3) is 0.182. The number of benzene rings is 1. The minimum atomic E-state index is -0.314. The highest BCUT2D eigenvalue weighted by Crippen LogP contribution is 2.30. The molecule has 2 aromatic rings. The summed E-state index contributed by atoms with van der Waals surface area (Å²) in [6, 6.07) is 2.79. The van der Waals surface area contributed by atoms with Gasteiger partial charge in [0.25, 0.3) is 0 Å². The van der Waals surface area contributed by atoms with Crippen molar-refractivity contribution >= 4 is 5.69 Å². The Morgan fingerprint density at radius 1 is 1.27 bits per heavy atom. The number of aryl methyl sites for hydroxylation is 2. The summed E-state index contributed by atoms with van der Waals surface area (Å²) in [4.78, 5) is 0. The van der Waals surface area contributed by atoms with E-state index in [1.807, 2.05) is 13.8 Å². The number of nitrogens with zero attached hydrogens (tertiary/aromatic N) is 1. The molecular weight excluding hydrogens is 193 g/mol. The summed E-state index contributed by atoms with van der Waals surface area (Å²) in [5, 5.41) is 6.80. The molecule has 0 radical (unpaired) electrons. The maximum Gasteiger partial charge on any atom is 0.125 e. The molecular formula is C11H12FN3. The van der Waals surface area contributed by atoms with E-state index in [-0.39, 0.29) is 5.82 Å². The van der Waals surface area contributed by atoms with Gasteiger partial charge in [0.05, 0.1) is 11.9 Å². The summed E-state index contributed by atoms with van der Waals surface area (Å²) in [5.74, 6) is -0.314. The van der Waals surface area contributed by atoms with Gasteiger partial charge in [0.15, 0.2) is 0 Å². The number of halogens is 1. The first kappa shape index (κ1) is 9.71. The number of anilines is 1. The maximum atomic E-state index is 13.0. The van der Waals surface area contributed by atoms with Crippen LogP contribution in [-0.2, 0) is 0 Å². The van der Waals surface area contributed by atoms with E-state index in [2.05, 4.69) is 10.2 Å². The van der Waals surface area contributed by atoms with Crippen LogP contribution in [0.1, 0.15) is 11.1 Å². The van der Waals surface area contributed by atoms with E-state index in [4.69, 9.17) is 5.73 Å². The molecule has 78 valence electrons. The Morgan fingerprint density at radius 3 is 2.53 bits per heavy atom. The molecule has 1 heterocycles. The number of nitrogens with two attached hydrogens (primary N) is 1. The van der Waals surface area contributed by atoms with Gasteiger partial charge in [-0.05, 0) is 37.1 Å². The summed E-state index contributed by atoms with van der Waals surface area (Å²) >= 11 is 0. The van der Waals surface area contributed by atoms with E-state index in [1.54, 1.807) is 6.20 Å².